The van der Waals surface area contributed by atoms with Crippen molar-refractivity contribution in [1.82, 2.24) is 0 Å². The van der Waals surface area contributed by atoms with Crippen LogP contribution in [0.3, 0.4) is 0 Å². The summed E-state index contributed by atoms with van der Waals surface area (Å²) in [4.78, 5) is 0. The molecule has 0 atom stereocenters. The van der Waals surface area contributed by atoms with E-state index in [1.165, 1.54) is 0 Å². The number of hydrogen-bond donors (Lipinski definition) is 0. The molecule has 0 saturated heterocycles. The van der Waals surface area contributed by atoms with Crippen LogP contribution in [0.2, 0.25) is 0 Å². The fourth-order valence-electron chi connectivity index (χ4n) is 0. The SMILES string of the molecule is O.O.[Cl][Cd]. The van der Waals surface area contributed by atoms with Crippen molar-refractivity contribution in [3.63, 3.8) is 0 Å². The predicted molar refractivity (Wildman–Crippen MR) is 13.1 cm³/mol. The molecule has 0 bridgehead atoms. The van der Waals surface area contributed by atoms with E-state index in [2.05, 4.69) is 0 Å². The average molecular weight is 184 g/mol. The molecule has 0 aromatic heterocycles. The second kappa shape index (κ2) is 31.6. The molecule has 0 aromatic carbocycles. The standard InChI is InChI=1S/Cd.ClH.2H2O/h;1H;2*1H2/q+1;;;/p-1. The van der Waals surface area contributed by atoms with Gasteiger partial charge in [0.05, 0.1) is 0 Å². The quantitative estimate of drug-likeness (QED) is 0.435. The monoisotopic (exact) mass is 185 g/mol. The summed E-state index contributed by atoms with van der Waals surface area (Å²) in [7, 11) is 4.81. The molecule has 4 heteroatoms. The molecule has 0 radical (unpaired) electrons. The fraction of sp³-hybridized carbons (Fsp3) is 0. The summed E-state index contributed by atoms with van der Waals surface area (Å²) in [5.41, 5.74) is 0. The molecule has 0 amide bonds. The average Bonchev–Trinajstić information content (AvgIpc) is 1.00. The Hall–Kier alpha value is 1.13. The van der Waals surface area contributed by atoms with Crippen LogP contribution in [-0.2, 0) is 24.5 Å². The zero-order valence-electron chi connectivity index (χ0n) is 2.09. The Morgan fingerprint density at radius 3 is 1.00 bits per heavy atom. The Morgan fingerprint density at radius 2 is 1.00 bits per heavy atom. The van der Waals surface area contributed by atoms with Gasteiger partial charge in [-0.05, 0) is 0 Å². The van der Waals surface area contributed by atoms with Gasteiger partial charge in [0.15, 0.2) is 0 Å². The third-order valence-corrected chi connectivity index (χ3v) is 0. The Bertz CT molecular complexity index is 6.00. The van der Waals surface area contributed by atoms with Gasteiger partial charge < -0.3 is 11.0 Å². The predicted octanol–water partition coefficient (Wildman–Crippen LogP) is -0.962. The number of hydrogen-bond acceptors (Lipinski definition) is 0. The van der Waals surface area contributed by atoms with Gasteiger partial charge in [0.1, 0.15) is 0 Å². The number of halogens is 1. The second-order valence-electron chi connectivity index (χ2n) is 0. The van der Waals surface area contributed by atoms with Crippen molar-refractivity contribution >= 4 is 8.32 Å². The van der Waals surface area contributed by atoms with E-state index in [-0.39, 0.29) is 11.0 Å². The van der Waals surface area contributed by atoms with Crippen LogP contribution in [0.15, 0.2) is 0 Å². The van der Waals surface area contributed by atoms with Crippen LogP contribution in [0, 0.1) is 0 Å². The molecule has 0 saturated carbocycles. The van der Waals surface area contributed by atoms with Gasteiger partial charge in [0, 0.05) is 0 Å². The molecule has 0 spiro atoms. The Morgan fingerprint density at radius 1 is 1.00 bits per heavy atom. The molecule has 0 aliphatic heterocycles. The summed E-state index contributed by atoms with van der Waals surface area (Å²) in [6, 6.07) is 0. The summed E-state index contributed by atoms with van der Waals surface area (Å²) in [6.45, 7) is 0. The molecule has 4 N–H and O–H groups in total. The van der Waals surface area contributed by atoms with Gasteiger partial charge in [-0.15, -0.1) is 0 Å². The van der Waals surface area contributed by atoms with Crippen molar-refractivity contribution in [3.05, 3.63) is 0 Å². The van der Waals surface area contributed by atoms with E-state index in [9.17, 15) is 0 Å². The molecular formula is H4CdClO2. The number of rotatable bonds is 0. The van der Waals surface area contributed by atoms with Crippen LogP contribution >= 0.6 is 8.32 Å². The fourth-order valence-corrected chi connectivity index (χ4v) is 0. The van der Waals surface area contributed by atoms with Gasteiger partial charge in [0.2, 0.25) is 0 Å². The molecule has 25 valence electrons. The van der Waals surface area contributed by atoms with E-state index in [4.69, 9.17) is 8.32 Å². The molecule has 0 aliphatic rings. The molecule has 0 heterocycles. The van der Waals surface area contributed by atoms with Crippen LogP contribution in [0.1, 0.15) is 0 Å². The Kier molecular flexibility index (Phi) is 152. The molecule has 0 fully saturated rings. The molecule has 0 unspecified atom stereocenters. The van der Waals surface area contributed by atoms with Gasteiger partial charge in [-0.25, -0.2) is 0 Å². The molecule has 0 aromatic rings. The minimum atomic E-state index is 0. The van der Waals surface area contributed by atoms with Crippen LogP contribution in [0.25, 0.3) is 0 Å². The molecular weight excluding hydrogens is 180 g/mol. The third kappa shape index (κ3) is 11.1. The first kappa shape index (κ1) is 19.3. The molecule has 0 aliphatic carbocycles. The van der Waals surface area contributed by atoms with E-state index in [0.717, 1.165) is 0 Å². The van der Waals surface area contributed by atoms with Crippen LogP contribution < -0.4 is 0 Å². The first-order chi connectivity index (χ1) is 1.00. The van der Waals surface area contributed by atoms with Crippen molar-refractivity contribution in [2.45, 2.75) is 0 Å². The van der Waals surface area contributed by atoms with Crippen molar-refractivity contribution < 1.29 is 35.5 Å². The summed E-state index contributed by atoms with van der Waals surface area (Å²) in [6.07, 6.45) is 0. The summed E-state index contributed by atoms with van der Waals surface area (Å²) < 4.78 is 0. The Labute approximate surface area is 43.9 Å². The zero-order valence-corrected chi connectivity index (χ0v) is 6.88. The maximum atomic E-state index is 4.81. The van der Waals surface area contributed by atoms with E-state index in [1.54, 1.807) is 0 Å². The Balaban J connectivity index is -0.00000000500. The topological polar surface area (TPSA) is 63.0 Å². The van der Waals surface area contributed by atoms with Gasteiger partial charge in [-0.1, -0.05) is 0 Å². The first-order valence-electron chi connectivity index (χ1n) is 0.267. The summed E-state index contributed by atoms with van der Waals surface area (Å²) >= 11 is 0.622. The normalized spacial score (nSPS) is 1.75. The van der Waals surface area contributed by atoms with Crippen LogP contribution in [-0.4, -0.2) is 11.0 Å². The molecule has 4 heavy (non-hydrogen) atoms. The van der Waals surface area contributed by atoms with Crippen molar-refractivity contribution in [2.75, 3.05) is 0 Å². The maximum absolute atomic E-state index is 4.81. The van der Waals surface area contributed by atoms with E-state index >= 15 is 0 Å². The van der Waals surface area contributed by atoms with E-state index < -0.39 is 0 Å². The summed E-state index contributed by atoms with van der Waals surface area (Å²) in [5, 5.41) is 0. The van der Waals surface area contributed by atoms with Crippen LogP contribution in [0.5, 0.6) is 0 Å². The summed E-state index contributed by atoms with van der Waals surface area (Å²) in [5.74, 6) is 0. The van der Waals surface area contributed by atoms with Gasteiger partial charge in [-0.3, -0.25) is 0 Å². The first-order valence-corrected chi connectivity index (χ1v) is 5.38. The zero-order chi connectivity index (χ0) is 2.00. The third-order valence-electron chi connectivity index (χ3n) is 0. The van der Waals surface area contributed by atoms with Crippen LogP contribution in [0.4, 0.5) is 0 Å². The second-order valence-corrected chi connectivity index (χ2v) is 0. The van der Waals surface area contributed by atoms with Crippen molar-refractivity contribution in [3.8, 4) is 0 Å². The van der Waals surface area contributed by atoms with E-state index in [1.807, 2.05) is 0 Å². The van der Waals surface area contributed by atoms with E-state index in [0.29, 0.717) is 24.5 Å². The van der Waals surface area contributed by atoms with Crippen molar-refractivity contribution in [2.24, 2.45) is 0 Å². The minimum absolute atomic E-state index is 0. The van der Waals surface area contributed by atoms with Crippen molar-refractivity contribution in [1.29, 1.82) is 0 Å². The molecule has 0 rings (SSSR count). The van der Waals surface area contributed by atoms with Gasteiger partial charge >= 0.3 is 32.9 Å². The van der Waals surface area contributed by atoms with Gasteiger partial charge in [-0.2, -0.15) is 0 Å². The van der Waals surface area contributed by atoms with Gasteiger partial charge in [0.25, 0.3) is 0 Å². The molecule has 2 nitrogen and oxygen atoms in total.